The lowest BCUT2D eigenvalue weighted by molar-refractivity contribution is -0.137. The molecule has 45 heavy (non-hydrogen) atoms. The van der Waals surface area contributed by atoms with Gasteiger partial charge in [0.15, 0.2) is 0 Å². The fraction of sp³-hybridized carbons (Fsp3) is 0.469. The van der Waals surface area contributed by atoms with Gasteiger partial charge in [-0.15, -0.1) is 0 Å². The largest absolute Gasteiger partial charge is 0.493 e. The van der Waals surface area contributed by atoms with Crippen LogP contribution in [0.4, 0.5) is 13.2 Å². The van der Waals surface area contributed by atoms with Crippen molar-refractivity contribution in [1.82, 2.24) is 14.5 Å². The number of carbonyl (C=O) groups is 2. The molecule has 5 aliphatic rings. The molecular weight excluding hydrogens is 609 g/mol. The highest BCUT2D eigenvalue weighted by molar-refractivity contribution is 7.89. The molecule has 7 bridgehead atoms. The summed E-state index contributed by atoms with van der Waals surface area (Å²) >= 11 is 0. The van der Waals surface area contributed by atoms with Crippen LogP contribution in [0.15, 0.2) is 53.5 Å². The van der Waals surface area contributed by atoms with E-state index in [1.54, 1.807) is 30.1 Å². The van der Waals surface area contributed by atoms with E-state index in [4.69, 9.17) is 4.74 Å². The number of allylic oxidation sites excluding steroid dienone is 1. The first-order chi connectivity index (χ1) is 21.3. The number of aryl methyl sites for hydroxylation is 2. The van der Waals surface area contributed by atoms with Gasteiger partial charge in [0, 0.05) is 37.8 Å². The second-order valence-electron chi connectivity index (χ2n) is 11.8. The first kappa shape index (κ1) is 32.7. The third kappa shape index (κ3) is 7.41. The van der Waals surface area contributed by atoms with Crippen LogP contribution in [0, 0.1) is 6.92 Å². The summed E-state index contributed by atoms with van der Waals surface area (Å²) in [5.41, 5.74) is 0.0588. The molecule has 0 aromatic heterocycles. The number of hydrogen-bond donors (Lipinski definition) is 1. The number of benzene rings is 2. The maximum Gasteiger partial charge on any atom is 0.416 e. The summed E-state index contributed by atoms with van der Waals surface area (Å²) in [6.45, 7) is 2.63. The maximum atomic E-state index is 13.8. The van der Waals surface area contributed by atoms with Gasteiger partial charge in [-0.1, -0.05) is 18.2 Å². The molecule has 0 atom stereocenters. The molecule has 2 aromatic carbocycles. The fourth-order valence-corrected chi connectivity index (χ4v) is 7.31. The van der Waals surface area contributed by atoms with Crippen LogP contribution in [0.1, 0.15) is 64.7 Å². The molecule has 7 rings (SSSR count). The number of nitrogens with one attached hydrogen (secondary N) is 1. The topological polar surface area (TPSA) is 108 Å². The molecule has 1 fully saturated rings. The van der Waals surface area contributed by atoms with Crippen molar-refractivity contribution in [2.45, 2.75) is 57.2 Å². The Labute approximate surface area is 261 Å². The normalized spacial score (nSPS) is 24.7. The lowest BCUT2D eigenvalue weighted by Crippen LogP contribution is -2.50. The summed E-state index contributed by atoms with van der Waals surface area (Å²) in [4.78, 5) is 32.3. The monoisotopic (exact) mass is 646 g/mol. The third-order valence-electron chi connectivity index (χ3n) is 8.58. The summed E-state index contributed by atoms with van der Waals surface area (Å²) in [5, 5.41) is 2.64. The Balaban J connectivity index is 1.41. The Morgan fingerprint density at radius 3 is 2.42 bits per heavy atom. The highest BCUT2D eigenvalue weighted by Crippen LogP contribution is 2.36. The number of alkyl halides is 3. The highest BCUT2D eigenvalue weighted by atomic mass is 32.2. The lowest BCUT2D eigenvalue weighted by atomic mass is 9.89. The minimum absolute atomic E-state index is 0.00313. The zero-order valence-corrected chi connectivity index (χ0v) is 26.1. The van der Waals surface area contributed by atoms with Crippen LogP contribution in [0.3, 0.4) is 0 Å². The van der Waals surface area contributed by atoms with E-state index >= 15 is 0 Å². The Kier molecular flexibility index (Phi) is 9.41. The summed E-state index contributed by atoms with van der Waals surface area (Å²) in [6, 6.07) is 8.57. The summed E-state index contributed by atoms with van der Waals surface area (Å²) < 4.78 is 74.9. The van der Waals surface area contributed by atoms with E-state index in [0.717, 1.165) is 29.7 Å². The number of amidine groups is 1. The van der Waals surface area contributed by atoms with Crippen LogP contribution in [0.2, 0.25) is 0 Å². The molecule has 13 heteroatoms. The van der Waals surface area contributed by atoms with Crippen molar-refractivity contribution < 1.29 is 35.9 Å². The fourth-order valence-electron chi connectivity index (χ4n) is 5.84. The Morgan fingerprint density at radius 1 is 0.978 bits per heavy atom. The van der Waals surface area contributed by atoms with Crippen LogP contribution in [0.5, 0.6) is 5.75 Å². The van der Waals surface area contributed by atoms with Gasteiger partial charge in [-0.05, 0) is 86.9 Å². The molecule has 9 nitrogen and oxygen atoms in total. The number of carbonyl (C=O) groups excluding carboxylic acids is 2. The summed E-state index contributed by atoms with van der Waals surface area (Å²) in [7, 11) is -1.94. The van der Waals surface area contributed by atoms with Gasteiger partial charge >= 0.3 is 6.18 Å². The first-order valence-electron chi connectivity index (χ1n) is 15.0. The summed E-state index contributed by atoms with van der Waals surface area (Å²) in [6.07, 6.45) is 1.53. The van der Waals surface area contributed by atoms with E-state index in [1.165, 1.54) is 10.4 Å². The van der Waals surface area contributed by atoms with E-state index in [-0.39, 0.29) is 67.8 Å². The van der Waals surface area contributed by atoms with Crippen LogP contribution < -0.4 is 10.1 Å². The van der Waals surface area contributed by atoms with Gasteiger partial charge in [-0.3, -0.25) is 14.6 Å². The Bertz CT molecular complexity index is 1630. The van der Waals surface area contributed by atoms with Crippen molar-refractivity contribution in [3.63, 3.8) is 0 Å². The molecule has 0 saturated carbocycles. The number of amides is 2. The average Bonchev–Trinajstić information content (AvgIpc) is 3.31. The zero-order valence-electron chi connectivity index (χ0n) is 25.3. The first-order valence-corrected chi connectivity index (χ1v) is 16.6. The number of hydrogen-bond acceptors (Lipinski definition) is 6. The minimum atomic E-state index is -4.65. The van der Waals surface area contributed by atoms with Crippen molar-refractivity contribution >= 4 is 27.7 Å². The van der Waals surface area contributed by atoms with Gasteiger partial charge in [0.05, 0.1) is 17.9 Å². The molecule has 5 heterocycles. The van der Waals surface area contributed by atoms with Gasteiger partial charge in [0.1, 0.15) is 17.1 Å². The van der Waals surface area contributed by atoms with Gasteiger partial charge in [0.2, 0.25) is 10.0 Å². The standard InChI is InChI=1S/C32H37F3N4O5S/c1-22-18-24-9-8-23(22)10-17-45(42,43)39-14-11-31(12-15-39)30(41)36-28(37-31)25-19-26(32(33,34)35)21-27(20-25)44-16-7-5-3-4-6-13-38(2)29(24)40/h3,5,8-9,18-21H,4,6-7,10-17H2,1-2H3,(H,36,37,41). The molecule has 1 spiro atoms. The molecule has 2 aromatic rings. The predicted molar refractivity (Wildman–Crippen MR) is 164 cm³/mol. The SMILES string of the molecule is Cc1cc2ccc1CCS(=O)(=O)N1CCC3(CC1)N=C(NC3=O)c1cc(cc(C(F)(F)F)c1)OCCC=CCCCN(C)C2=O. The molecule has 0 aliphatic carbocycles. The van der Waals surface area contributed by atoms with Crippen molar-refractivity contribution in [1.29, 1.82) is 0 Å². The molecule has 2 amide bonds. The number of aliphatic imine (C=N–C) groups is 1. The van der Waals surface area contributed by atoms with E-state index < -0.39 is 33.2 Å². The average molecular weight is 647 g/mol. The predicted octanol–water partition coefficient (Wildman–Crippen LogP) is 4.49. The van der Waals surface area contributed by atoms with E-state index in [2.05, 4.69) is 10.3 Å². The van der Waals surface area contributed by atoms with Crippen LogP contribution in [0.25, 0.3) is 0 Å². The molecule has 242 valence electrons. The van der Waals surface area contributed by atoms with Crippen molar-refractivity contribution in [3.05, 3.63) is 76.4 Å². The number of sulfonamides is 1. The second kappa shape index (κ2) is 13.0. The van der Waals surface area contributed by atoms with E-state index in [1.807, 2.05) is 19.1 Å². The Morgan fingerprint density at radius 2 is 1.71 bits per heavy atom. The molecule has 0 unspecified atom stereocenters. The quantitative estimate of drug-likeness (QED) is 0.425. The maximum absolute atomic E-state index is 13.8. The van der Waals surface area contributed by atoms with Crippen LogP contribution in [-0.2, 0) is 27.4 Å². The molecule has 1 N–H and O–H groups in total. The Hall–Kier alpha value is -3.71. The van der Waals surface area contributed by atoms with Crippen molar-refractivity contribution in [2.24, 2.45) is 4.99 Å². The van der Waals surface area contributed by atoms with Crippen molar-refractivity contribution in [3.8, 4) is 5.75 Å². The van der Waals surface area contributed by atoms with Crippen molar-refractivity contribution in [2.75, 3.05) is 39.0 Å². The smallest absolute Gasteiger partial charge is 0.416 e. The second-order valence-corrected chi connectivity index (χ2v) is 13.9. The number of halogens is 3. The lowest BCUT2D eigenvalue weighted by Gasteiger charge is -2.34. The summed E-state index contributed by atoms with van der Waals surface area (Å²) in [5.74, 6) is -0.726. The number of fused-ring (bicyclic) bond motifs is 2. The minimum Gasteiger partial charge on any atom is -0.493 e. The van der Waals surface area contributed by atoms with E-state index in [0.29, 0.717) is 24.9 Å². The van der Waals surface area contributed by atoms with Crippen LogP contribution in [-0.4, -0.2) is 79.9 Å². The molecule has 5 aliphatic heterocycles. The number of ether oxygens (including phenoxy) is 1. The third-order valence-corrected chi connectivity index (χ3v) is 10.5. The van der Waals surface area contributed by atoms with Gasteiger partial charge in [0.25, 0.3) is 11.8 Å². The molecule has 1 saturated heterocycles. The van der Waals surface area contributed by atoms with Gasteiger partial charge in [-0.2, -0.15) is 13.2 Å². The van der Waals surface area contributed by atoms with Gasteiger partial charge in [-0.25, -0.2) is 12.7 Å². The molecular formula is C32H37F3N4O5S. The number of nitrogens with zero attached hydrogens (tertiary/aromatic N) is 3. The molecule has 0 radical (unpaired) electrons. The van der Waals surface area contributed by atoms with Crippen LogP contribution >= 0.6 is 0 Å². The number of rotatable bonds is 0. The van der Waals surface area contributed by atoms with Gasteiger partial charge < -0.3 is 15.0 Å². The zero-order chi connectivity index (χ0) is 32.4. The highest BCUT2D eigenvalue weighted by Gasteiger charge is 2.47. The van der Waals surface area contributed by atoms with E-state index in [9.17, 15) is 31.2 Å². The number of piperidine rings is 1.